The lowest BCUT2D eigenvalue weighted by molar-refractivity contribution is -0.145. The normalized spacial score (nSPS) is 16.5. The van der Waals surface area contributed by atoms with Crippen molar-refractivity contribution in [1.82, 2.24) is 20.1 Å². The van der Waals surface area contributed by atoms with Crippen LogP contribution in [0.1, 0.15) is 39.2 Å². The number of esters is 1. The molecule has 248 valence electrons. The first-order valence-electron chi connectivity index (χ1n) is 15.5. The molecule has 2 atom stereocenters. The Kier molecular flexibility index (Phi) is 12.0. The van der Waals surface area contributed by atoms with Crippen LogP contribution in [-0.4, -0.2) is 79.2 Å². The van der Waals surface area contributed by atoms with Gasteiger partial charge in [0.2, 0.25) is 0 Å². The number of carbonyl (C=O) groups is 3. The third-order valence-corrected chi connectivity index (χ3v) is 7.54. The summed E-state index contributed by atoms with van der Waals surface area (Å²) in [5.41, 5.74) is 0.878. The van der Waals surface area contributed by atoms with Crippen molar-refractivity contribution >= 4 is 29.1 Å². The SMILES string of the molecule is COC(=O)[C@@H]1C[C@@H](CNC(=O)OCc2ccccc2)CN1CCn1c(=O)ccc2ccc(OCCCNC(=O)OC(C)(C)C)cc21. The lowest BCUT2D eigenvalue weighted by Gasteiger charge is -2.23. The van der Waals surface area contributed by atoms with Crippen LogP contribution in [0.25, 0.3) is 10.9 Å². The van der Waals surface area contributed by atoms with Gasteiger partial charge >= 0.3 is 18.2 Å². The average Bonchev–Trinajstić information content (AvgIpc) is 3.44. The van der Waals surface area contributed by atoms with Crippen molar-refractivity contribution in [2.75, 3.05) is 39.9 Å². The van der Waals surface area contributed by atoms with Crippen molar-refractivity contribution in [3.05, 3.63) is 76.6 Å². The number of hydrogen-bond donors (Lipinski definition) is 2. The van der Waals surface area contributed by atoms with E-state index in [1.807, 2.05) is 53.4 Å². The molecule has 2 N–H and O–H groups in total. The van der Waals surface area contributed by atoms with Crippen LogP contribution in [0.15, 0.2) is 65.5 Å². The van der Waals surface area contributed by atoms with Crippen LogP contribution in [0.5, 0.6) is 5.75 Å². The Morgan fingerprint density at radius 2 is 1.72 bits per heavy atom. The van der Waals surface area contributed by atoms with E-state index in [9.17, 15) is 19.2 Å². The first kappa shape index (κ1) is 34.3. The molecular weight excluding hydrogens is 592 g/mol. The molecule has 3 aromatic rings. The zero-order valence-electron chi connectivity index (χ0n) is 27.0. The molecular formula is C34H44N4O8. The molecule has 1 saturated heterocycles. The molecule has 1 fully saturated rings. The predicted octanol–water partition coefficient (Wildman–Crippen LogP) is 4.09. The number of methoxy groups -OCH3 is 1. The van der Waals surface area contributed by atoms with Gasteiger partial charge in [0, 0.05) is 44.9 Å². The number of fused-ring (bicyclic) bond motifs is 1. The van der Waals surface area contributed by atoms with Gasteiger partial charge in [0.25, 0.3) is 5.56 Å². The molecule has 0 spiro atoms. The summed E-state index contributed by atoms with van der Waals surface area (Å²) in [6.45, 7) is 8.01. The van der Waals surface area contributed by atoms with Gasteiger partial charge in [-0.15, -0.1) is 0 Å². The van der Waals surface area contributed by atoms with E-state index in [4.69, 9.17) is 18.9 Å². The average molecular weight is 637 g/mol. The Balaban J connectivity index is 1.32. The molecule has 1 aliphatic rings. The number of benzene rings is 2. The number of hydrogen-bond acceptors (Lipinski definition) is 9. The maximum Gasteiger partial charge on any atom is 0.407 e. The van der Waals surface area contributed by atoms with Gasteiger partial charge in [0.05, 0.1) is 19.2 Å². The third kappa shape index (κ3) is 10.2. The summed E-state index contributed by atoms with van der Waals surface area (Å²) < 4.78 is 23.2. The van der Waals surface area contributed by atoms with Crippen molar-refractivity contribution in [1.29, 1.82) is 0 Å². The zero-order chi connectivity index (χ0) is 33.1. The number of alkyl carbamates (subject to hydrolysis) is 2. The maximum absolute atomic E-state index is 13.0. The van der Waals surface area contributed by atoms with Gasteiger partial charge in [-0.05, 0) is 68.7 Å². The van der Waals surface area contributed by atoms with Crippen LogP contribution in [0.4, 0.5) is 9.59 Å². The van der Waals surface area contributed by atoms with Crippen molar-refractivity contribution in [2.24, 2.45) is 5.92 Å². The van der Waals surface area contributed by atoms with Crippen LogP contribution in [0.2, 0.25) is 0 Å². The highest BCUT2D eigenvalue weighted by Gasteiger charge is 2.37. The standard InChI is InChI=1S/C34H44N4O8/c1-34(2,3)46-33(42)35-15-8-18-44-27-13-11-26-12-14-30(39)38(28(26)20-27)17-16-37-22-25(19-29(37)31(40)43-4)21-36-32(41)45-23-24-9-6-5-7-10-24/h5-7,9-14,20,25,29H,8,15-19,21-23H2,1-4H3,(H,35,42)(H,36,41)/t25-,29-/m0/s1. The minimum absolute atomic E-state index is 0.00225. The second-order valence-corrected chi connectivity index (χ2v) is 12.3. The minimum atomic E-state index is -0.562. The van der Waals surface area contributed by atoms with E-state index in [0.717, 1.165) is 10.9 Å². The Morgan fingerprint density at radius 1 is 0.957 bits per heavy atom. The summed E-state index contributed by atoms with van der Waals surface area (Å²) in [6.07, 6.45) is 0.0931. The summed E-state index contributed by atoms with van der Waals surface area (Å²) >= 11 is 0. The van der Waals surface area contributed by atoms with E-state index in [1.165, 1.54) is 13.2 Å². The van der Waals surface area contributed by atoms with Gasteiger partial charge < -0.3 is 34.1 Å². The lowest BCUT2D eigenvalue weighted by Crippen LogP contribution is -2.39. The number of pyridine rings is 1. The summed E-state index contributed by atoms with van der Waals surface area (Å²) in [6, 6.07) is 17.8. The second-order valence-electron chi connectivity index (χ2n) is 12.3. The molecule has 46 heavy (non-hydrogen) atoms. The van der Waals surface area contributed by atoms with Gasteiger partial charge in [-0.25, -0.2) is 9.59 Å². The fourth-order valence-electron chi connectivity index (χ4n) is 5.36. The van der Waals surface area contributed by atoms with Crippen LogP contribution >= 0.6 is 0 Å². The first-order chi connectivity index (χ1) is 22.0. The number of rotatable bonds is 13. The van der Waals surface area contributed by atoms with Gasteiger partial charge in [-0.3, -0.25) is 14.5 Å². The lowest BCUT2D eigenvalue weighted by atomic mass is 10.1. The van der Waals surface area contributed by atoms with Crippen LogP contribution in [0, 0.1) is 5.92 Å². The molecule has 12 heteroatoms. The van der Waals surface area contributed by atoms with E-state index >= 15 is 0 Å². The molecule has 1 aliphatic heterocycles. The number of nitrogens with one attached hydrogen (secondary N) is 2. The number of likely N-dealkylation sites (tertiary alicyclic amines) is 1. The molecule has 2 aromatic carbocycles. The van der Waals surface area contributed by atoms with E-state index in [1.54, 1.807) is 31.4 Å². The second kappa shape index (κ2) is 16.1. The van der Waals surface area contributed by atoms with Gasteiger partial charge in [-0.2, -0.15) is 0 Å². The van der Waals surface area contributed by atoms with Crippen LogP contribution in [-0.2, 0) is 32.2 Å². The topological polar surface area (TPSA) is 137 Å². The molecule has 12 nitrogen and oxygen atoms in total. The molecule has 4 rings (SSSR count). The first-order valence-corrected chi connectivity index (χ1v) is 15.5. The minimum Gasteiger partial charge on any atom is -0.493 e. The largest absolute Gasteiger partial charge is 0.493 e. The number of amides is 2. The van der Waals surface area contributed by atoms with Crippen LogP contribution < -0.4 is 20.9 Å². The van der Waals surface area contributed by atoms with Crippen molar-refractivity contribution in [2.45, 2.75) is 58.4 Å². The van der Waals surface area contributed by atoms with Gasteiger partial charge in [0.15, 0.2) is 0 Å². The highest BCUT2D eigenvalue weighted by molar-refractivity contribution is 5.80. The Bertz CT molecular complexity index is 1540. The van der Waals surface area contributed by atoms with E-state index in [2.05, 4.69) is 10.6 Å². The molecule has 0 bridgehead atoms. The third-order valence-electron chi connectivity index (χ3n) is 7.54. The van der Waals surface area contributed by atoms with E-state index in [0.29, 0.717) is 63.4 Å². The molecule has 2 amide bonds. The smallest absolute Gasteiger partial charge is 0.407 e. The number of carbonyl (C=O) groups excluding carboxylic acids is 3. The van der Waals surface area contributed by atoms with E-state index < -0.39 is 23.8 Å². The molecule has 1 aromatic heterocycles. The van der Waals surface area contributed by atoms with Crippen molar-refractivity contribution in [3.8, 4) is 5.75 Å². The zero-order valence-corrected chi connectivity index (χ0v) is 27.0. The highest BCUT2D eigenvalue weighted by atomic mass is 16.6. The monoisotopic (exact) mass is 636 g/mol. The number of aromatic nitrogens is 1. The van der Waals surface area contributed by atoms with Gasteiger partial charge in [-0.1, -0.05) is 30.3 Å². The van der Waals surface area contributed by atoms with Crippen molar-refractivity contribution < 1.29 is 33.3 Å². The predicted molar refractivity (Wildman–Crippen MR) is 173 cm³/mol. The fourth-order valence-corrected chi connectivity index (χ4v) is 5.36. The molecule has 0 aliphatic carbocycles. The highest BCUT2D eigenvalue weighted by Crippen LogP contribution is 2.25. The summed E-state index contributed by atoms with van der Waals surface area (Å²) in [5, 5.41) is 6.39. The van der Waals surface area contributed by atoms with Crippen LogP contribution in [0.3, 0.4) is 0 Å². The van der Waals surface area contributed by atoms with E-state index in [-0.39, 0.29) is 24.1 Å². The number of nitrogens with zero attached hydrogens (tertiary/aromatic N) is 2. The molecule has 0 radical (unpaired) electrons. The fraction of sp³-hybridized carbons (Fsp3) is 0.471. The van der Waals surface area contributed by atoms with Crippen molar-refractivity contribution in [3.63, 3.8) is 0 Å². The number of ether oxygens (including phenoxy) is 4. The Labute approximate surface area is 268 Å². The molecule has 0 saturated carbocycles. The summed E-state index contributed by atoms with van der Waals surface area (Å²) in [5.74, 6) is 0.252. The summed E-state index contributed by atoms with van der Waals surface area (Å²) in [4.78, 5) is 51.8. The summed E-state index contributed by atoms with van der Waals surface area (Å²) in [7, 11) is 1.36. The Morgan fingerprint density at radius 3 is 2.46 bits per heavy atom. The molecule has 2 heterocycles. The quantitative estimate of drug-likeness (QED) is 0.162. The maximum atomic E-state index is 13.0. The van der Waals surface area contributed by atoms with Gasteiger partial charge in [0.1, 0.15) is 24.0 Å². The molecule has 0 unspecified atom stereocenters. The Hall–Kier alpha value is -4.58.